The molecule has 0 atom stereocenters. The summed E-state index contributed by atoms with van der Waals surface area (Å²) in [5, 5.41) is 3.39. The topological polar surface area (TPSA) is 34.1 Å². The molecule has 0 aliphatic heterocycles. The second-order valence-corrected chi connectivity index (χ2v) is 4.73. The number of hydrogen-bond acceptors (Lipinski definition) is 3. The highest BCUT2D eigenvalue weighted by molar-refractivity contribution is 5.17. The Balaban J connectivity index is 2.29. The van der Waals surface area contributed by atoms with Crippen molar-refractivity contribution in [1.82, 2.24) is 10.3 Å². The first kappa shape index (κ1) is 14.0. The van der Waals surface area contributed by atoms with Crippen LogP contribution in [0, 0.1) is 5.92 Å². The molecule has 0 aliphatic rings. The Hall–Kier alpha value is -1.09. The van der Waals surface area contributed by atoms with E-state index in [1.54, 1.807) is 0 Å². The molecule has 0 unspecified atom stereocenters. The van der Waals surface area contributed by atoms with Crippen molar-refractivity contribution in [3.05, 3.63) is 23.9 Å². The molecule has 1 N–H and O–H groups in total. The Morgan fingerprint density at radius 1 is 1.35 bits per heavy atom. The Labute approximate surface area is 105 Å². The number of nitrogens with one attached hydrogen (secondary N) is 1. The standard InChI is InChI=1S/C14H24N2O/c1-4-5-8-17-14-7-6-13(11-16-14)10-15-9-12(2)3/h6-7,11-12,15H,4-5,8-10H2,1-3H3. The van der Waals surface area contributed by atoms with E-state index in [-0.39, 0.29) is 0 Å². The minimum Gasteiger partial charge on any atom is -0.478 e. The van der Waals surface area contributed by atoms with Crippen molar-refractivity contribution in [3.63, 3.8) is 0 Å². The van der Waals surface area contributed by atoms with Gasteiger partial charge in [-0.3, -0.25) is 0 Å². The summed E-state index contributed by atoms with van der Waals surface area (Å²) >= 11 is 0. The molecule has 0 aromatic carbocycles. The van der Waals surface area contributed by atoms with E-state index >= 15 is 0 Å². The largest absolute Gasteiger partial charge is 0.478 e. The highest BCUT2D eigenvalue weighted by Gasteiger charge is 1.98. The maximum atomic E-state index is 5.51. The van der Waals surface area contributed by atoms with Gasteiger partial charge in [-0.25, -0.2) is 4.98 Å². The van der Waals surface area contributed by atoms with E-state index in [1.165, 1.54) is 5.56 Å². The molecular formula is C14H24N2O. The van der Waals surface area contributed by atoms with E-state index in [4.69, 9.17) is 4.74 Å². The van der Waals surface area contributed by atoms with Gasteiger partial charge in [-0.2, -0.15) is 0 Å². The molecule has 0 aliphatic carbocycles. The molecule has 3 nitrogen and oxygen atoms in total. The van der Waals surface area contributed by atoms with Gasteiger partial charge in [0.1, 0.15) is 0 Å². The summed E-state index contributed by atoms with van der Waals surface area (Å²) in [6.45, 7) is 9.23. The van der Waals surface area contributed by atoms with Gasteiger partial charge in [-0.15, -0.1) is 0 Å². The zero-order chi connectivity index (χ0) is 12.5. The fourth-order valence-corrected chi connectivity index (χ4v) is 1.43. The molecule has 1 aromatic heterocycles. The molecule has 0 amide bonds. The number of nitrogens with zero attached hydrogens (tertiary/aromatic N) is 1. The molecule has 1 heterocycles. The van der Waals surface area contributed by atoms with Crippen molar-refractivity contribution in [2.75, 3.05) is 13.2 Å². The van der Waals surface area contributed by atoms with Crippen molar-refractivity contribution < 1.29 is 4.74 Å². The van der Waals surface area contributed by atoms with Crippen LogP contribution in [0.3, 0.4) is 0 Å². The van der Waals surface area contributed by atoms with Crippen molar-refractivity contribution >= 4 is 0 Å². The zero-order valence-electron chi connectivity index (χ0n) is 11.2. The van der Waals surface area contributed by atoms with Crippen LogP contribution in [-0.4, -0.2) is 18.1 Å². The third-order valence-electron chi connectivity index (χ3n) is 2.43. The van der Waals surface area contributed by atoms with Crippen LogP contribution >= 0.6 is 0 Å². The maximum absolute atomic E-state index is 5.51. The summed E-state index contributed by atoms with van der Waals surface area (Å²) in [4.78, 5) is 4.29. The van der Waals surface area contributed by atoms with Gasteiger partial charge in [-0.05, 0) is 24.4 Å². The lowest BCUT2D eigenvalue weighted by Gasteiger charge is -2.08. The number of rotatable bonds is 8. The van der Waals surface area contributed by atoms with E-state index in [1.807, 2.05) is 12.3 Å². The quantitative estimate of drug-likeness (QED) is 0.705. The van der Waals surface area contributed by atoms with Crippen LogP contribution in [0.5, 0.6) is 5.88 Å². The Morgan fingerprint density at radius 3 is 2.76 bits per heavy atom. The van der Waals surface area contributed by atoms with Crippen molar-refractivity contribution in [1.29, 1.82) is 0 Å². The predicted molar refractivity (Wildman–Crippen MR) is 71.2 cm³/mol. The minimum absolute atomic E-state index is 0.680. The SMILES string of the molecule is CCCCOc1ccc(CNCC(C)C)cn1. The summed E-state index contributed by atoms with van der Waals surface area (Å²) in [5.41, 5.74) is 1.20. The van der Waals surface area contributed by atoms with Gasteiger partial charge in [0, 0.05) is 18.8 Å². The molecule has 17 heavy (non-hydrogen) atoms. The second kappa shape index (κ2) is 8.07. The van der Waals surface area contributed by atoms with Crippen LogP contribution in [0.4, 0.5) is 0 Å². The summed E-state index contributed by atoms with van der Waals surface area (Å²) in [5.74, 6) is 1.41. The molecule has 1 rings (SSSR count). The van der Waals surface area contributed by atoms with Gasteiger partial charge in [0.05, 0.1) is 6.61 Å². The molecule has 0 saturated heterocycles. The molecule has 3 heteroatoms. The van der Waals surface area contributed by atoms with Gasteiger partial charge in [-0.1, -0.05) is 33.3 Å². The summed E-state index contributed by atoms with van der Waals surface area (Å²) in [6, 6.07) is 4.02. The molecule has 0 saturated carbocycles. The van der Waals surface area contributed by atoms with Crippen molar-refractivity contribution in [2.45, 2.75) is 40.2 Å². The van der Waals surface area contributed by atoms with Gasteiger partial charge in [0.15, 0.2) is 0 Å². The van der Waals surface area contributed by atoms with Crippen LogP contribution in [-0.2, 0) is 6.54 Å². The number of ether oxygens (including phenoxy) is 1. The third kappa shape index (κ3) is 6.27. The summed E-state index contributed by atoms with van der Waals surface area (Å²) < 4.78 is 5.51. The molecule has 0 bridgehead atoms. The molecule has 0 fully saturated rings. The average molecular weight is 236 g/mol. The zero-order valence-corrected chi connectivity index (χ0v) is 11.2. The number of pyridine rings is 1. The van der Waals surface area contributed by atoms with E-state index < -0.39 is 0 Å². The Kier molecular flexibility index (Phi) is 6.63. The van der Waals surface area contributed by atoms with Crippen molar-refractivity contribution in [2.24, 2.45) is 5.92 Å². The van der Waals surface area contributed by atoms with E-state index in [9.17, 15) is 0 Å². The molecule has 1 aromatic rings. The average Bonchev–Trinajstić information content (AvgIpc) is 2.31. The smallest absolute Gasteiger partial charge is 0.213 e. The highest BCUT2D eigenvalue weighted by Crippen LogP contribution is 2.08. The van der Waals surface area contributed by atoms with E-state index in [0.29, 0.717) is 5.92 Å². The second-order valence-electron chi connectivity index (χ2n) is 4.73. The maximum Gasteiger partial charge on any atom is 0.213 e. The Morgan fingerprint density at radius 2 is 2.18 bits per heavy atom. The predicted octanol–water partition coefficient (Wildman–Crippen LogP) is 3.01. The van der Waals surface area contributed by atoms with Crippen LogP contribution in [0.15, 0.2) is 18.3 Å². The minimum atomic E-state index is 0.680. The normalized spacial score (nSPS) is 10.8. The lowest BCUT2D eigenvalue weighted by atomic mass is 10.2. The fraction of sp³-hybridized carbons (Fsp3) is 0.643. The first-order valence-corrected chi connectivity index (χ1v) is 6.50. The summed E-state index contributed by atoms with van der Waals surface area (Å²) in [7, 11) is 0. The van der Waals surface area contributed by atoms with Gasteiger partial charge in [0.2, 0.25) is 5.88 Å². The third-order valence-corrected chi connectivity index (χ3v) is 2.43. The molecule has 0 spiro atoms. The monoisotopic (exact) mass is 236 g/mol. The molecule has 0 radical (unpaired) electrons. The van der Waals surface area contributed by atoms with Gasteiger partial charge >= 0.3 is 0 Å². The van der Waals surface area contributed by atoms with E-state index in [2.05, 4.69) is 37.1 Å². The lowest BCUT2D eigenvalue weighted by Crippen LogP contribution is -2.19. The number of aromatic nitrogens is 1. The summed E-state index contributed by atoms with van der Waals surface area (Å²) in [6.07, 6.45) is 4.12. The van der Waals surface area contributed by atoms with Crippen LogP contribution in [0.25, 0.3) is 0 Å². The molecule has 96 valence electrons. The number of unbranched alkanes of at least 4 members (excludes halogenated alkanes) is 1. The van der Waals surface area contributed by atoms with Gasteiger partial charge in [0.25, 0.3) is 0 Å². The van der Waals surface area contributed by atoms with Crippen molar-refractivity contribution in [3.8, 4) is 5.88 Å². The number of hydrogen-bond donors (Lipinski definition) is 1. The first-order valence-electron chi connectivity index (χ1n) is 6.50. The van der Waals surface area contributed by atoms with Gasteiger partial charge < -0.3 is 10.1 Å². The highest BCUT2D eigenvalue weighted by atomic mass is 16.5. The van der Waals surface area contributed by atoms with Crippen LogP contribution in [0.2, 0.25) is 0 Å². The van der Waals surface area contributed by atoms with E-state index in [0.717, 1.165) is 38.4 Å². The Bertz CT molecular complexity index is 296. The van der Waals surface area contributed by atoms with Crippen LogP contribution < -0.4 is 10.1 Å². The fourth-order valence-electron chi connectivity index (χ4n) is 1.43. The first-order chi connectivity index (χ1) is 8.22. The molecular weight excluding hydrogens is 212 g/mol. The van der Waals surface area contributed by atoms with Crippen LogP contribution in [0.1, 0.15) is 39.2 Å². The lowest BCUT2D eigenvalue weighted by molar-refractivity contribution is 0.297.